The van der Waals surface area contributed by atoms with E-state index in [-0.39, 0.29) is 0 Å². The molecule has 1 aliphatic rings. The van der Waals surface area contributed by atoms with E-state index in [0.717, 1.165) is 11.3 Å². The molecule has 0 aliphatic carbocycles. The SMILES string of the molecule is COc1ccc(C(SCc2ccco2)C2C(=O)NC(=O)NC2=O)cc1. The number of hydrogen-bond donors (Lipinski definition) is 2. The van der Waals surface area contributed by atoms with Crippen LogP contribution < -0.4 is 15.4 Å². The fourth-order valence-electron chi connectivity index (χ4n) is 2.55. The van der Waals surface area contributed by atoms with Gasteiger partial charge in [-0.2, -0.15) is 0 Å². The van der Waals surface area contributed by atoms with Crippen LogP contribution in [0, 0.1) is 5.92 Å². The van der Waals surface area contributed by atoms with Gasteiger partial charge in [0.1, 0.15) is 17.4 Å². The molecule has 2 aromatic rings. The van der Waals surface area contributed by atoms with E-state index in [4.69, 9.17) is 9.15 Å². The summed E-state index contributed by atoms with van der Waals surface area (Å²) < 4.78 is 10.5. The summed E-state index contributed by atoms with van der Waals surface area (Å²) in [4.78, 5) is 35.8. The molecule has 4 amide bonds. The zero-order chi connectivity index (χ0) is 17.8. The van der Waals surface area contributed by atoms with Gasteiger partial charge < -0.3 is 9.15 Å². The lowest BCUT2D eigenvalue weighted by Crippen LogP contribution is -2.56. The first-order valence-electron chi connectivity index (χ1n) is 7.52. The van der Waals surface area contributed by atoms with Crippen molar-refractivity contribution in [1.29, 1.82) is 0 Å². The van der Waals surface area contributed by atoms with Gasteiger partial charge in [-0.25, -0.2) is 4.79 Å². The number of thioether (sulfide) groups is 1. The van der Waals surface area contributed by atoms with Crippen LogP contribution in [-0.4, -0.2) is 25.0 Å². The Morgan fingerprint density at radius 2 is 1.80 bits per heavy atom. The molecular formula is C17H16N2O5S. The first-order chi connectivity index (χ1) is 12.1. The minimum atomic E-state index is -1.02. The predicted octanol–water partition coefficient (Wildman–Crippen LogP) is 2.24. The number of amides is 4. The summed E-state index contributed by atoms with van der Waals surface area (Å²) in [6, 6.07) is 9.93. The van der Waals surface area contributed by atoms with E-state index in [0.29, 0.717) is 11.5 Å². The molecule has 2 heterocycles. The van der Waals surface area contributed by atoms with E-state index >= 15 is 0 Å². The van der Waals surface area contributed by atoms with Gasteiger partial charge in [-0.3, -0.25) is 20.2 Å². The molecule has 7 nitrogen and oxygen atoms in total. The van der Waals surface area contributed by atoms with Crippen molar-refractivity contribution in [2.75, 3.05) is 7.11 Å². The number of furan rings is 1. The molecular weight excluding hydrogens is 344 g/mol. The van der Waals surface area contributed by atoms with Crippen molar-refractivity contribution in [3.8, 4) is 5.75 Å². The highest BCUT2D eigenvalue weighted by Crippen LogP contribution is 2.39. The summed E-state index contributed by atoms with van der Waals surface area (Å²) in [7, 11) is 1.56. The van der Waals surface area contributed by atoms with E-state index in [1.54, 1.807) is 43.7 Å². The fourth-order valence-corrected chi connectivity index (χ4v) is 3.85. The molecule has 25 heavy (non-hydrogen) atoms. The number of carbonyl (C=O) groups is 3. The van der Waals surface area contributed by atoms with Gasteiger partial charge in [0, 0.05) is 0 Å². The highest BCUT2D eigenvalue weighted by Gasteiger charge is 2.41. The van der Waals surface area contributed by atoms with Crippen LogP contribution in [0.25, 0.3) is 0 Å². The van der Waals surface area contributed by atoms with Gasteiger partial charge >= 0.3 is 6.03 Å². The van der Waals surface area contributed by atoms with Crippen molar-refractivity contribution in [2.24, 2.45) is 5.92 Å². The Hall–Kier alpha value is -2.74. The van der Waals surface area contributed by atoms with Crippen molar-refractivity contribution in [3.05, 3.63) is 54.0 Å². The van der Waals surface area contributed by atoms with Crippen molar-refractivity contribution >= 4 is 29.6 Å². The molecule has 1 unspecified atom stereocenters. The van der Waals surface area contributed by atoms with Crippen LogP contribution in [0.2, 0.25) is 0 Å². The molecule has 2 N–H and O–H groups in total. The Kier molecular flexibility index (Phi) is 5.08. The van der Waals surface area contributed by atoms with Crippen LogP contribution in [0.4, 0.5) is 4.79 Å². The van der Waals surface area contributed by atoms with E-state index in [1.165, 1.54) is 11.8 Å². The third-order valence-electron chi connectivity index (χ3n) is 3.77. The van der Waals surface area contributed by atoms with E-state index in [1.807, 2.05) is 6.07 Å². The molecule has 1 atom stereocenters. The van der Waals surface area contributed by atoms with E-state index in [2.05, 4.69) is 10.6 Å². The molecule has 130 valence electrons. The molecule has 8 heteroatoms. The molecule has 0 spiro atoms. The predicted molar refractivity (Wildman–Crippen MR) is 90.9 cm³/mol. The molecule has 1 aromatic carbocycles. The number of ether oxygens (including phenoxy) is 1. The summed E-state index contributed by atoms with van der Waals surface area (Å²) in [5.74, 6) is -0.356. The maximum atomic E-state index is 12.3. The molecule has 0 radical (unpaired) electrons. The first kappa shape index (κ1) is 17.1. The monoisotopic (exact) mass is 360 g/mol. The standard InChI is InChI=1S/C17H16N2O5S/c1-23-11-6-4-10(5-7-11)14(25-9-12-3-2-8-24-12)13-15(20)18-17(22)19-16(13)21/h2-8,13-14H,9H2,1H3,(H2,18,19,20,21,22). The second-order valence-electron chi connectivity index (χ2n) is 5.37. The minimum Gasteiger partial charge on any atom is -0.497 e. The Labute approximate surface area is 148 Å². The number of methoxy groups -OCH3 is 1. The number of imide groups is 2. The zero-order valence-electron chi connectivity index (χ0n) is 13.4. The van der Waals surface area contributed by atoms with Crippen LogP contribution in [0.3, 0.4) is 0 Å². The number of hydrogen-bond acceptors (Lipinski definition) is 6. The number of nitrogens with one attached hydrogen (secondary N) is 2. The highest BCUT2D eigenvalue weighted by atomic mass is 32.2. The summed E-state index contributed by atoms with van der Waals surface area (Å²) in [6.45, 7) is 0. The Bertz CT molecular complexity index is 753. The minimum absolute atomic E-state index is 0.481. The number of urea groups is 1. The average molecular weight is 360 g/mol. The summed E-state index contributed by atoms with van der Waals surface area (Å²) in [6.07, 6.45) is 1.57. The second kappa shape index (κ2) is 7.43. The van der Waals surface area contributed by atoms with E-state index < -0.39 is 29.0 Å². The number of rotatable bonds is 6. The third-order valence-corrected chi connectivity index (χ3v) is 5.13. The lowest BCUT2D eigenvalue weighted by Gasteiger charge is -2.28. The van der Waals surface area contributed by atoms with Crippen molar-refractivity contribution < 1.29 is 23.5 Å². The van der Waals surface area contributed by atoms with Gasteiger partial charge in [0.25, 0.3) is 0 Å². The van der Waals surface area contributed by atoms with Gasteiger partial charge in [0.05, 0.1) is 24.4 Å². The molecule has 1 aliphatic heterocycles. The molecule has 0 bridgehead atoms. The van der Waals surface area contributed by atoms with Crippen LogP contribution in [0.1, 0.15) is 16.6 Å². The van der Waals surface area contributed by atoms with Crippen LogP contribution in [0.5, 0.6) is 5.75 Å². The molecule has 1 fully saturated rings. The summed E-state index contributed by atoms with van der Waals surface area (Å²) in [5, 5.41) is 3.83. The van der Waals surface area contributed by atoms with Crippen LogP contribution in [-0.2, 0) is 15.3 Å². The Balaban J connectivity index is 1.88. The number of carbonyl (C=O) groups excluding carboxylic acids is 3. The lowest BCUT2D eigenvalue weighted by molar-refractivity contribution is -0.135. The van der Waals surface area contributed by atoms with Crippen LogP contribution >= 0.6 is 11.8 Å². The largest absolute Gasteiger partial charge is 0.497 e. The summed E-state index contributed by atoms with van der Waals surface area (Å²) in [5.41, 5.74) is 0.780. The molecule has 1 saturated heterocycles. The summed E-state index contributed by atoms with van der Waals surface area (Å²) >= 11 is 1.39. The quantitative estimate of drug-likeness (QED) is 0.767. The highest BCUT2D eigenvalue weighted by molar-refractivity contribution is 7.98. The van der Waals surface area contributed by atoms with Gasteiger partial charge in [-0.1, -0.05) is 12.1 Å². The van der Waals surface area contributed by atoms with Crippen molar-refractivity contribution in [2.45, 2.75) is 11.0 Å². The van der Waals surface area contributed by atoms with Gasteiger partial charge in [-0.05, 0) is 29.8 Å². The Morgan fingerprint density at radius 1 is 1.12 bits per heavy atom. The normalized spacial score (nSPS) is 16.3. The lowest BCUT2D eigenvalue weighted by atomic mass is 9.95. The number of barbiturate groups is 1. The number of benzene rings is 1. The second-order valence-corrected chi connectivity index (χ2v) is 6.50. The maximum Gasteiger partial charge on any atom is 0.328 e. The fraction of sp³-hybridized carbons (Fsp3) is 0.235. The third kappa shape index (κ3) is 3.85. The molecule has 0 saturated carbocycles. The maximum absolute atomic E-state index is 12.3. The van der Waals surface area contributed by atoms with Gasteiger partial charge in [-0.15, -0.1) is 11.8 Å². The molecule has 1 aromatic heterocycles. The Morgan fingerprint density at radius 3 is 2.36 bits per heavy atom. The first-order valence-corrected chi connectivity index (χ1v) is 8.57. The van der Waals surface area contributed by atoms with Crippen molar-refractivity contribution in [3.63, 3.8) is 0 Å². The smallest absolute Gasteiger partial charge is 0.328 e. The van der Waals surface area contributed by atoms with Crippen molar-refractivity contribution in [1.82, 2.24) is 10.6 Å². The van der Waals surface area contributed by atoms with Gasteiger partial charge in [0.15, 0.2) is 0 Å². The topological polar surface area (TPSA) is 97.6 Å². The average Bonchev–Trinajstić information content (AvgIpc) is 3.10. The molecule has 3 rings (SSSR count). The van der Waals surface area contributed by atoms with Gasteiger partial charge in [0.2, 0.25) is 11.8 Å². The van der Waals surface area contributed by atoms with Crippen LogP contribution in [0.15, 0.2) is 47.1 Å². The van der Waals surface area contributed by atoms with E-state index in [9.17, 15) is 14.4 Å². The zero-order valence-corrected chi connectivity index (χ0v) is 14.2.